The van der Waals surface area contributed by atoms with Crippen LogP contribution in [0.25, 0.3) is 0 Å². The van der Waals surface area contributed by atoms with Crippen molar-refractivity contribution < 1.29 is 4.79 Å². The van der Waals surface area contributed by atoms with E-state index in [2.05, 4.69) is 10.6 Å². The topological polar surface area (TPSA) is 41.1 Å². The van der Waals surface area contributed by atoms with E-state index in [0.29, 0.717) is 0 Å². The summed E-state index contributed by atoms with van der Waals surface area (Å²) in [6.45, 7) is 0.730. The third kappa shape index (κ3) is 7.46. The van der Waals surface area contributed by atoms with Gasteiger partial charge in [-0.05, 0) is 7.05 Å². The van der Waals surface area contributed by atoms with Crippen molar-refractivity contribution in [1.82, 2.24) is 10.6 Å². The van der Waals surface area contributed by atoms with Gasteiger partial charge in [-0.2, -0.15) is 0 Å². The number of halogens is 1. The second-order valence-electron chi connectivity index (χ2n) is 1.57. The van der Waals surface area contributed by atoms with Crippen molar-refractivity contribution in [3.05, 3.63) is 12.2 Å². The summed E-state index contributed by atoms with van der Waals surface area (Å²) in [6, 6.07) is 0. The maximum atomic E-state index is 10.5. The Morgan fingerprint density at radius 2 is 2.10 bits per heavy atom. The molecule has 10 heavy (non-hydrogen) atoms. The second kappa shape index (κ2) is 8.46. The van der Waals surface area contributed by atoms with E-state index >= 15 is 0 Å². The van der Waals surface area contributed by atoms with Crippen LogP contribution in [0.5, 0.6) is 0 Å². The van der Waals surface area contributed by atoms with Crippen molar-refractivity contribution in [2.24, 2.45) is 0 Å². The first kappa shape index (κ1) is 12.2. The number of amides is 1. The lowest BCUT2D eigenvalue weighted by molar-refractivity contribution is -0.116. The largest absolute Gasteiger partial charge is 0.356 e. The van der Waals surface area contributed by atoms with E-state index in [1.807, 2.05) is 7.05 Å². The average molecular weight is 165 g/mol. The average Bonchev–Trinajstić information content (AvgIpc) is 1.89. The first-order chi connectivity index (χ1) is 4.31. The van der Waals surface area contributed by atoms with E-state index in [4.69, 9.17) is 0 Å². The monoisotopic (exact) mass is 164 g/mol. The second-order valence-corrected chi connectivity index (χ2v) is 1.57. The van der Waals surface area contributed by atoms with Gasteiger partial charge < -0.3 is 10.6 Å². The van der Waals surface area contributed by atoms with Crippen molar-refractivity contribution in [3.63, 3.8) is 0 Å². The van der Waals surface area contributed by atoms with E-state index in [-0.39, 0.29) is 18.3 Å². The third-order valence-corrected chi connectivity index (χ3v) is 0.838. The highest BCUT2D eigenvalue weighted by molar-refractivity contribution is 5.87. The lowest BCUT2D eigenvalue weighted by Gasteiger charge is -1.88. The van der Waals surface area contributed by atoms with Crippen molar-refractivity contribution in [3.8, 4) is 0 Å². The van der Waals surface area contributed by atoms with Gasteiger partial charge in [0.2, 0.25) is 5.91 Å². The predicted molar refractivity (Wildman–Crippen MR) is 44.4 cm³/mol. The van der Waals surface area contributed by atoms with Gasteiger partial charge in [0, 0.05) is 19.7 Å². The first-order valence-electron chi connectivity index (χ1n) is 2.84. The number of rotatable bonds is 3. The summed E-state index contributed by atoms with van der Waals surface area (Å²) in [4.78, 5) is 10.5. The van der Waals surface area contributed by atoms with Gasteiger partial charge in [0.25, 0.3) is 0 Å². The fourth-order valence-electron chi connectivity index (χ4n) is 0.367. The molecule has 0 heterocycles. The van der Waals surface area contributed by atoms with Crippen LogP contribution >= 0.6 is 12.4 Å². The maximum absolute atomic E-state index is 10.5. The zero-order chi connectivity index (χ0) is 7.11. The summed E-state index contributed by atoms with van der Waals surface area (Å²) in [7, 11) is 3.43. The van der Waals surface area contributed by atoms with Gasteiger partial charge in [0.05, 0.1) is 0 Å². The van der Waals surface area contributed by atoms with Crippen LogP contribution in [0.2, 0.25) is 0 Å². The summed E-state index contributed by atoms with van der Waals surface area (Å²) in [5.74, 6) is -0.0646. The third-order valence-electron chi connectivity index (χ3n) is 0.838. The normalized spacial score (nSPS) is 9.00. The van der Waals surface area contributed by atoms with Crippen LogP contribution in [-0.4, -0.2) is 26.5 Å². The van der Waals surface area contributed by atoms with Gasteiger partial charge in [-0.25, -0.2) is 0 Å². The SMILES string of the molecule is CNC/C=C/C(=O)NC.Cl. The summed E-state index contributed by atoms with van der Waals surface area (Å²) < 4.78 is 0. The molecule has 0 saturated heterocycles. The van der Waals surface area contributed by atoms with Crippen LogP contribution in [0, 0.1) is 0 Å². The predicted octanol–water partition coefficient (Wildman–Crippen LogP) is -0.0702. The molecule has 4 heteroatoms. The van der Waals surface area contributed by atoms with Gasteiger partial charge in [-0.3, -0.25) is 4.79 Å². The summed E-state index contributed by atoms with van der Waals surface area (Å²) >= 11 is 0. The van der Waals surface area contributed by atoms with Gasteiger partial charge >= 0.3 is 0 Å². The minimum Gasteiger partial charge on any atom is -0.356 e. The minimum absolute atomic E-state index is 0. The van der Waals surface area contributed by atoms with Crippen LogP contribution in [0.4, 0.5) is 0 Å². The van der Waals surface area contributed by atoms with Gasteiger partial charge in [-0.1, -0.05) is 6.08 Å². The number of likely N-dealkylation sites (N-methyl/N-ethyl adjacent to an activating group) is 2. The molecule has 0 radical (unpaired) electrons. The van der Waals surface area contributed by atoms with Crippen LogP contribution in [0.15, 0.2) is 12.2 Å². The number of nitrogens with one attached hydrogen (secondary N) is 2. The molecule has 2 N–H and O–H groups in total. The molecule has 0 aromatic heterocycles. The molecule has 0 saturated carbocycles. The molecule has 0 bridgehead atoms. The molecule has 0 aliphatic heterocycles. The lowest BCUT2D eigenvalue weighted by Crippen LogP contribution is -2.15. The first-order valence-corrected chi connectivity index (χ1v) is 2.84. The molecule has 0 aromatic rings. The molecule has 3 nitrogen and oxygen atoms in total. The van der Waals surface area contributed by atoms with E-state index < -0.39 is 0 Å². The molecule has 0 rings (SSSR count). The Morgan fingerprint density at radius 3 is 2.50 bits per heavy atom. The van der Waals surface area contributed by atoms with Crippen molar-refractivity contribution >= 4 is 18.3 Å². The Morgan fingerprint density at radius 1 is 1.50 bits per heavy atom. The van der Waals surface area contributed by atoms with E-state index in [1.54, 1.807) is 13.1 Å². The molecule has 0 fully saturated rings. The van der Waals surface area contributed by atoms with Gasteiger partial charge in [-0.15, -0.1) is 12.4 Å². The van der Waals surface area contributed by atoms with E-state index in [0.717, 1.165) is 6.54 Å². The van der Waals surface area contributed by atoms with Crippen LogP contribution in [0.1, 0.15) is 0 Å². The quantitative estimate of drug-likeness (QED) is 0.574. The van der Waals surface area contributed by atoms with E-state index in [1.165, 1.54) is 6.08 Å². The van der Waals surface area contributed by atoms with Crippen LogP contribution < -0.4 is 10.6 Å². The highest BCUT2D eigenvalue weighted by Gasteiger charge is 1.83. The standard InChI is InChI=1S/C6H12N2O.ClH/c1-7-5-3-4-6(9)8-2;/h3-4,7H,5H2,1-2H3,(H,8,9);1H/b4-3+;. The summed E-state index contributed by atoms with van der Waals surface area (Å²) in [5, 5.41) is 5.35. The highest BCUT2D eigenvalue weighted by Crippen LogP contribution is 1.68. The molecule has 0 aromatic carbocycles. The number of carbonyl (C=O) groups excluding carboxylic acids is 1. The van der Waals surface area contributed by atoms with Gasteiger partial charge in [0.15, 0.2) is 0 Å². The van der Waals surface area contributed by atoms with E-state index in [9.17, 15) is 4.79 Å². The smallest absolute Gasteiger partial charge is 0.243 e. The molecule has 0 atom stereocenters. The molecule has 60 valence electrons. The van der Waals surface area contributed by atoms with Crippen LogP contribution in [-0.2, 0) is 4.79 Å². The Labute approximate surface area is 67.3 Å². The summed E-state index contributed by atoms with van der Waals surface area (Å²) in [5.41, 5.74) is 0. The Kier molecular flexibility index (Phi) is 10.3. The molecule has 0 unspecified atom stereocenters. The fourth-order valence-corrected chi connectivity index (χ4v) is 0.367. The van der Waals surface area contributed by atoms with Crippen molar-refractivity contribution in [2.75, 3.05) is 20.6 Å². The molecular formula is C6H13ClN2O. The molecular weight excluding hydrogens is 152 g/mol. The molecule has 0 aliphatic rings. The van der Waals surface area contributed by atoms with Crippen molar-refractivity contribution in [2.45, 2.75) is 0 Å². The number of hydrogen-bond donors (Lipinski definition) is 2. The van der Waals surface area contributed by atoms with Gasteiger partial charge in [0.1, 0.15) is 0 Å². The molecule has 0 spiro atoms. The number of hydrogen-bond acceptors (Lipinski definition) is 2. The summed E-state index contributed by atoms with van der Waals surface area (Å²) in [6.07, 6.45) is 3.26. The minimum atomic E-state index is -0.0646. The Balaban J connectivity index is 0. The zero-order valence-electron chi connectivity index (χ0n) is 6.18. The van der Waals surface area contributed by atoms with Crippen molar-refractivity contribution in [1.29, 1.82) is 0 Å². The maximum Gasteiger partial charge on any atom is 0.243 e. The fraction of sp³-hybridized carbons (Fsp3) is 0.500. The van der Waals surface area contributed by atoms with Crippen LogP contribution in [0.3, 0.4) is 0 Å². The zero-order valence-corrected chi connectivity index (χ0v) is 6.99. The lowest BCUT2D eigenvalue weighted by atomic mass is 10.5. The Hall–Kier alpha value is -0.540. The molecule has 1 amide bonds. The number of carbonyl (C=O) groups is 1. The molecule has 0 aliphatic carbocycles. The Bertz CT molecular complexity index is 114. The highest BCUT2D eigenvalue weighted by atomic mass is 35.5.